The molecule has 2 fully saturated rings. The molecule has 0 spiro atoms. The first kappa shape index (κ1) is 25.0. The molecule has 0 unspecified atom stereocenters. The highest BCUT2D eigenvalue weighted by Crippen LogP contribution is 2.30. The summed E-state index contributed by atoms with van der Waals surface area (Å²) in [6.07, 6.45) is 4.13. The lowest BCUT2D eigenvalue weighted by atomic mass is 9.90. The van der Waals surface area contributed by atoms with Crippen LogP contribution in [0.5, 0.6) is 5.75 Å². The standard InChI is InChI=1S/C26H30F3N3O3/c27-26(28,29)21-10-8-20(9-11-21)25(34)32-15-12-19(13-16-32)24(33)31-23-22(7-4-14-30-23)35-17-18-5-2-1-3-6-18/h4,7-11,14,18-19H,1-3,5-6,12-13,15-17H2,(H,30,31,33). The van der Waals surface area contributed by atoms with Gasteiger partial charge in [-0.1, -0.05) is 19.3 Å². The monoisotopic (exact) mass is 489 g/mol. The quantitative estimate of drug-likeness (QED) is 0.578. The van der Waals surface area contributed by atoms with Gasteiger partial charge in [-0.25, -0.2) is 4.98 Å². The summed E-state index contributed by atoms with van der Waals surface area (Å²) >= 11 is 0. The molecule has 0 atom stereocenters. The second kappa shape index (κ2) is 11.1. The van der Waals surface area contributed by atoms with E-state index in [9.17, 15) is 22.8 Å². The summed E-state index contributed by atoms with van der Waals surface area (Å²) in [7, 11) is 0. The summed E-state index contributed by atoms with van der Waals surface area (Å²) in [6.45, 7) is 1.31. The molecule has 2 aromatic rings. The number of ether oxygens (including phenoxy) is 1. The molecule has 1 aromatic heterocycles. The van der Waals surface area contributed by atoms with Gasteiger partial charge in [-0.05, 0) is 68.0 Å². The number of piperidine rings is 1. The van der Waals surface area contributed by atoms with Gasteiger partial charge >= 0.3 is 6.18 Å². The highest BCUT2D eigenvalue weighted by atomic mass is 19.4. The Morgan fingerprint density at radius 1 is 1.00 bits per heavy atom. The molecule has 2 amide bonds. The van der Waals surface area contributed by atoms with Crippen LogP contribution < -0.4 is 10.1 Å². The number of likely N-dealkylation sites (tertiary alicyclic amines) is 1. The van der Waals surface area contributed by atoms with E-state index in [2.05, 4.69) is 10.3 Å². The fourth-order valence-corrected chi connectivity index (χ4v) is 4.71. The van der Waals surface area contributed by atoms with Crippen LogP contribution in [-0.2, 0) is 11.0 Å². The lowest BCUT2D eigenvalue weighted by molar-refractivity contribution is -0.137. The Kier molecular flexibility index (Phi) is 7.93. The second-order valence-electron chi connectivity index (χ2n) is 9.30. The smallest absolute Gasteiger partial charge is 0.416 e. The number of anilines is 1. The van der Waals surface area contributed by atoms with Crippen molar-refractivity contribution in [3.05, 3.63) is 53.7 Å². The predicted octanol–water partition coefficient (Wildman–Crippen LogP) is 5.55. The number of aromatic nitrogens is 1. The summed E-state index contributed by atoms with van der Waals surface area (Å²) in [4.78, 5) is 31.4. The van der Waals surface area contributed by atoms with Gasteiger partial charge in [-0.2, -0.15) is 13.2 Å². The van der Waals surface area contributed by atoms with E-state index in [1.807, 2.05) is 0 Å². The maximum Gasteiger partial charge on any atom is 0.416 e. The van der Waals surface area contributed by atoms with Gasteiger partial charge in [0.1, 0.15) is 0 Å². The summed E-state index contributed by atoms with van der Waals surface area (Å²) in [5, 5.41) is 2.88. The van der Waals surface area contributed by atoms with Crippen LogP contribution in [0.4, 0.5) is 19.0 Å². The zero-order valence-electron chi connectivity index (χ0n) is 19.5. The second-order valence-corrected chi connectivity index (χ2v) is 9.30. The van der Waals surface area contributed by atoms with Crippen LogP contribution in [0.2, 0.25) is 0 Å². The van der Waals surface area contributed by atoms with Gasteiger partial charge in [0.15, 0.2) is 11.6 Å². The van der Waals surface area contributed by atoms with Gasteiger partial charge in [0, 0.05) is 30.8 Å². The number of benzene rings is 1. The molecular formula is C26H30F3N3O3. The molecule has 1 saturated carbocycles. The SMILES string of the molecule is O=C(Nc1ncccc1OCC1CCCCC1)C1CCN(C(=O)c2ccc(C(F)(F)F)cc2)CC1. The molecule has 1 saturated heterocycles. The molecule has 1 N–H and O–H groups in total. The van der Waals surface area contributed by atoms with Gasteiger partial charge in [-0.3, -0.25) is 9.59 Å². The molecule has 0 radical (unpaired) electrons. The normalized spacial score (nSPS) is 17.7. The molecule has 9 heteroatoms. The van der Waals surface area contributed by atoms with Crippen molar-refractivity contribution >= 4 is 17.6 Å². The number of halogens is 3. The van der Waals surface area contributed by atoms with E-state index < -0.39 is 11.7 Å². The molecule has 35 heavy (non-hydrogen) atoms. The van der Waals surface area contributed by atoms with Crippen molar-refractivity contribution in [1.29, 1.82) is 0 Å². The molecule has 1 aromatic carbocycles. The first-order valence-corrected chi connectivity index (χ1v) is 12.2. The largest absolute Gasteiger partial charge is 0.489 e. The fourth-order valence-electron chi connectivity index (χ4n) is 4.71. The van der Waals surface area contributed by atoms with E-state index in [0.29, 0.717) is 50.0 Å². The summed E-state index contributed by atoms with van der Waals surface area (Å²) < 4.78 is 44.3. The minimum Gasteiger partial charge on any atom is -0.489 e. The number of rotatable bonds is 6. The Balaban J connectivity index is 1.29. The van der Waals surface area contributed by atoms with Crippen molar-refractivity contribution in [3.8, 4) is 5.75 Å². The third kappa shape index (κ3) is 6.52. The number of carbonyl (C=O) groups excluding carboxylic acids is 2. The Morgan fingerprint density at radius 3 is 2.34 bits per heavy atom. The summed E-state index contributed by atoms with van der Waals surface area (Å²) in [6, 6.07) is 7.79. The first-order chi connectivity index (χ1) is 16.8. The van der Waals surface area contributed by atoms with Crippen molar-refractivity contribution in [2.24, 2.45) is 11.8 Å². The third-order valence-electron chi connectivity index (χ3n) is 6.82. The fraction of sp³-hybridized carbons (Fsp3) is 0.500. The van der Waals surface area contributed by atoms with Gasteiger partial charge in [0.2, 0.25) is 5.91 Å². The van der Waals surface area contributed by atoms with Crippen LogP contribution in [0.1, 0.15) is 60.9 Å². The van der Waals surface area contributed by atoms with Crippen molar-refractivity contribution in [1.82, 2.24) is 9.88 Å². The number of nitrogens with zero attached hydrogens (tertiary/aromatic N) is 2. The number of carbonyl (C=O) groups is 2. The third-order valence-corrected chi connectivity index (χ3v) is 6.82. The van der Waals surface area contributed by atoms with Crippen LogP contribution in [-0.4, -0.2) is 41.4 Å². The number of amides is 2. The maximum absolute atomic E-state index is 12.9. The zero-order chi connectivity index (χ0) is 24.8. The van der Waals surface area contributed by atoms with Crippen LogP contribution in [0.25, 0.3) is 0 Å². The van der Waals surface area contributed by atoms with Crippen LogP contribution in [0.15, 0.2) is 42.6 Å². The zero-order valence-corrected chi connectivity index (χ0v) is 19.5. The lowest BCUT2D eigenvalue weighted by Crippen LogP contribution is -2.41. The summed E-state index contributed by atoms with van der Waals surface area (Å²) in [5.74, 6) is 0.686. The number of hydrogen-bond acceptors (Lipinski definition) is 4. The van der Waals surface area contributed by atoms with Crippen molar-refractivity contribution in [2.45, 2.75) is 51.1 Å². The van der Waals surface area contributed by atoms with Gasteiger partial charge < -0.3 is 15.0 Å². The van der Waals surface area contributed by atoms with Crippen LogP contribution in [0, 0.1) is 11.8 Å². The minimum absolute atomic E-state index is 0.173. The van der Waals surface area contributed by atoms with Gasteiger partial charge in [0.05, 0.1) is 12.2 Å². The molecule has 2 heterocycles. The Hall–Kier alpha value is -3.10. The van der Waals surface area contributed by atoms with E-state index in [-0.39, 0.29) is 23.3 Å². The van der Waals surface area contributed by atoms with Crippen molar-refractivity contribution < 1.29 is 27.5 Å². The Morgan fingerprint density at radius 2 is 1.69 bits per heavy atom. The number of pyridine rings is 1. The molecule has 188 valence electrons. The molecular weight excluding hydrogens is 459 g/mol. The topological polar surface area (TPSA) is 71.5 Å². The van der Waals surface area contributed by atoms with E-state index >= 15 is 0 Å². The molecule has 0 bridgehead atoms. The Bertz CT molecular complexity index is 1010. The van der Waals surface area contributed by atoms with Gasteiger partial charge in [0.25, 0.3) is 5.91 Å². The average molecular weight is 490 g/mol. The number of hydrogen-bond donors (Lipinski definition) is 1. The lowest BCUT2D eigenvalue weighted by Gasteiger charge is -2.31. The Labute approximate surface area is 202 Å². The number of nitrogens with one attached hydrogen (secondary N) is 1. The molecule has 4 rings (SSSR count). The van der Waals surface area contributed by atoms with E-state index in [4.69, 9.17) is 4.74 Å². The van der Waals surface area contributed by atoms with Crippen LogP contribution in [0.3, 0.4) is 0 Å². The van der Waals surface area contributed by atoms with E-state index in [1.54, 1.807) is 23.2 Å². The average Bonchev–Trinajstić information content (AvgIpc) is 2.88. The molecule has 1 aliphatic heterocycles. The van der Waals surface area contributed by atoms with Crippen molar-refractivity contribution in [3.63, 3.8) is 0 Å². The minimum atomic E-state index is -4.44. The summed E-state index contributed by atoms with van der Waals surface area (Å²) in [5.41, 5.74) is -0.588. The van der Waals surface area contributed by atoms with Crippen molar-refractivity contribution in [2.75, 3.05) is 25.0 Å². The molecule has 6 nitrogen and oxygen atoms in total. The van der Waals surface area contributed by atoms with E-state index in [0.717, 1.165) is 25.0 Å². The molecule has 2 aliphatic rings. The highest BCUT2D eigenvalue weighted by Gasteiger charge is 2.32. The first-order valence-electron chi connectivity index (χ1n) is 12.2. The van der Waals surface area contributed by atoms with E-state index in [1.165, 1.54) is 31.4 Å². The van der Waals surface area contributed by atoms with Crippen LogP contribution >= 0.6 is 0 Å². The highest BCUT2D eigenvalue weighted by molar-refractivity contribution is 5.95. The molecule has 1 aliphatic carbocycles. The predicted molar refractivity (Wildman–Crippen MR) is 125 cm³/mol. The maximum atomic E-state index is 12.9. The number of alkyl halides is 3. The van der Waals surface area contributed by atoms with Gasteiger partial charge in [-0.15, -0.1) is 0 Å².